The summed E-state index contributed by atoms with van der Waals surface area (Å²) >= 11 is 3.51. The number of alkyl halides is 1. The Labute approximate surface area is 131 Å². The van der Waals surface area contributed by atoms with E-state index in [1.54, 1.807) is 0 Å². The lowest BCUT2D eigenvalue weighted by atomic mass is 10.3. The van der Waals surface area contributed by atoms with Crippen LogP contribution < -0.4 is 9.47 Å². The van der Waals surface area contributed by atoms with Crippen LogP contribution >= 0.6 is 15.9 Å². The van der Waals surface area contributed by atoms with Gasteiger partial charge >= 0.3 is 0 Å². The van der Waals surface area contributed by atoms with Crippen LogP contribution in [0.2, 0.25) is 0 Å². The van der Waals surface area contributed by atoms with Crippen LogP contribution in [0.3, 0.4) is 0 Å². The van der Waals surface area contributed by atoms with Gasteiger partial charge < -0.3 is 9.47 Å². The maximum absolute atomic E-state index is 5.86. The van der Waals surface area contributed by atoms with Gasteiger partial charge in [0.1, 0.15) is 6.61 Å². The number of halogens is 1. The zero-order valence-electron chi connectivity index (χ0n) is 12.6. The van der Waals surface area contributed by atoms with Crippen molar-refractivity contribution in [2.24, 2.45) is 0 Å². The topological polar surface area (TPSA) is 21.7 Å². The standard InChI is InChI=1S/C16H26BrNO2/c1-3-5-11-18(12-10-17)13-14-20-16-9-7-6-8-15(16)19-4-2/h6-9H,3-5,10-14H2,1-2H3. The average Bonchev–Trinajstić information content (AvgIpc) is 2.47. The summed E-state index contributed by atoms with van der Waals surface area (Å²) in [6.07, 6.45) is 2.47. The lowest BCUT2D eigenvalue weighted by molar-refractivity contribution is 0.208. The molecule has 4 heteroatoms. The first-order valence-corrected chi connectivity index (χ1v) is 8.56. The van der Waals surface area contributed by atoms with E-state index >= 15 is 0 Å². The monoisotopic (exact) mass is 343 g/mol. The van der Waals surface area contributed by atoms with Crippen molar-refractivity contribution >= 4 is 15.9 Å². The van der Waals surface area contributed by atoms with Crippen LogP contribution in [0, 0.1) is 0 Å². The van der Waals surface area contributed by atoms with Gasteiger partial charge in [0.05, 0.1) is 6.61 Å². The molecular weight excluding hydrogens is 318 g/mol. The number of ether oxygens (including phenoxy) is 2. The Hall–Kier alpha value is -0.740. The summed E-state index contributed by atoms with van der Waals surface area (Å²) in [6, 6.07) is 7.86. The van der Waals surface area contributed by atoms with E-state index in [1.165, 1.54) is 12.8 Å². The lowest BCUT2D eigenvalue weighted by Gasteiger charge is -2.21. The van der Waals surface area contributed by atoms with E-state index in [-0.39, 0.29) is 0 Å². The fourth-order valence-electron chi connectivity index (χ4n) is 1.97. The molecule has 0 saturated carbocycles. The predicted octanol–water partition coefficient (Wildman–Crippen LogP) is 3.96. The summed E-state index contributed by atoms with van der Waals surface area (Å²) < 4.78 is 11.4. The van der Waals surface area contributed by atoms with Crippen LogP contribution in [0.5, 0.6) is 11.5 Å². The van der Waals surface area contributed by atoms with Crippen molar-refractivity contribution in [1.29, 1.82) is 0 Å². The van der Waals surface area contributed by atoms with Gasteiger partial charge in [-0.3, -0.25) is 4.90 Å². The molecule has 1 aromatic rings. The molecule has 0 unspecified atom stereocenters. The van der Waals surface area contributed by atoms with E-state index < -0.39 is 0 Å². The zero-order chi connectivity index (χ0) is 14.6. The smallest absolute Gasteiger partial charge is 0.161 e. The van der Waals surface area contributed by atoms with E-state index in [1.807, 2.05) is 31.2 Å². The molecule has 0 aliphatic heterocycles. The summed E-state index contributed by atoms with van der Waals surface area (Å²) in [5.41, 5.74) is 0. The minimum Gasteiger partial charge on any atom is -0.490 e. The first-order chi connectivity index (χ1) is 9.81. The third-order valence-electron chi connectivity index (χ3n) is 3.04. The van der Waals surface area contributed by atoms with Crippen molar-refractivity contribution in [3.63, 3.8) is 0 Å². The van der Waals surface area contributed by atoms with Crippen molar-refractivity contribution in [1.82, 2.24) is 4.90 Å². The van der Waals surface area contributed by atoms with Crippen LogP contribution in [-0.2, 0) is 0 Å². The molecule has 0 aliphatic carbocycles. The Morgan fingerprint density at radius 2 is 1.70 bits per heavy atom. The Bertz CT molecular complexity index is 360. The van der Waals surface area contributed by atoms with Gasteiger partial charge in [-0.1, -0.05) is 41.4 Å². The number of benzene rings is 1. The van der Waals surface area contributed by atoms with E-state index in [2.05, 4.69) is 27.8 Å². The van der Waals surface area contributed by atoms with Gasteiger partial charge in [-0.2, -0.15) is 0 Å². The Kier molecular flexibility index (Phi) is 9.50. The fourth-order valence-corrected chi connectivity index (χ4v) is 2.47. The highest BCUT2D eigenvalue weighted by Crippen LogP contribution is 2.26. The third-order valence-corrected chi connectivity index (χ3v) is 3.40. The predicted molar refractivity (Wildman–Crippen MR) is 88.2 cm³/mol. The van der Waals surface area contributed by atoms with Crippen LogP contribution in [0.15, 0.2) is 24.3 Å². The maximum atomic E-state index is 5.86. The summed E-state index contributed by atoms with van der Waals surface area (Å²) in [5.74, 6) is 1.67. The van der Waals surface area contributed by atoms with Crippen molar-refractivity contribution < 1.29 is 9.47 Å². The van der Waals surface area contributed by atoms with Crippen LogP contribution in [0.25, 0.3) is 0 Å². The molecule has 0 bridgehead atoms. The second-order valence-corrected chi connectivity index (χ2v) is 5.41. The van der Waals surface area contributed by atoms with E-state index in [0.29, 0.717) is 13.2 Å². The molecule has 0 aromatic heterocycles. The number of unbranched alkanes of at least 4 members (excludes halogenated alkanes) is 1. The minimum atomic E-state index is 0.659. The van der Waals surface area contributed by atoms with Gasteiger partial charge in [0, 0.05) is 18.4 Å². The SMILES string of the molecule is CCCCN(CCBr)CCOc1ccccc1OCC. The van der Waals surface area contributed by atoms with Gasteiger partial charge in [-0.25, -0.2) is 0 Å². The molecular formula is C16H26BrNO2. The first-order valence-electron chi connectivity index (χ1n) is 7.44. The second kappa shape index (κ2) is 11.0. The van der Waals surface area contributed by atoms with Crippen LogP contribution in [0.1, 0.15) is 26.7 Å². The van der Waals surface area contributed by atoms with Crippen molar-refractivity contribution in [3.05, 3.63) is 24.3 Å². The van der Waals surface area contributed by atoms with Gasteiger partial charge in [0.2, 0.25) is 0 Å². The highest BCUT2D eigenvalue weighted by atomic mass is 79.9. The Balaban J connectivity index is 2.41. The summed E-state index contributed by atoms with van der Waals surface area (Å²) in [5, 5.41) is 1.01. The highest BCUT2D eigenvalue weighted by Gasteiger charge is 2.06. The van der Waals surface area contributed by atoms with E-state index in [0.717, 1.165) is 36.5 Å². The fraction of sp³-hybridized carbons (Fsp3) is 0.625. The van der Waals surface area contributed by atoms with Gasteiger partial charge in [0.25, 0.3) is 0 Å². The van der Waals surface area contributed by atoms with Gasteiger partial charge in [-0.05, 0) is 32.0 Å². The van der Waals surface area contributed by atoms with Gasteiger partial charge in [-0.15, -0.1) is 0 Å². The van der Waals surface area contributed by atoms with E-state index in [4.69, 9.17) is 9.47 Å². The molecule has 0 spiro atoms. The van der Waals surface area contributed by atoms with Crippen LogP contribution in [0.4, 0.5) is 0 Å². The van der Waals surface area contributed by atoms with Crippen molar-refractivity contribution in [2.45, 2.75) is 26.7 Å². The molecule has 1 rings (SSSR count). The molecule has 0 saturated heterocycles. The number of hydrogen-bond acceptors (Lipinski definition) is 3. The molecule has 0 N–H and O–H groups in total. The summed E-state index contributed by atoms with van der Waals surface area (Å²) in [4.78, 5) is 2.43. The molecule has 0 heterocycles. The normalized spacial score (nSPS) is 10.8. The quantitative estimate of drug-likeness (QED) is 0.567. The number of hydrogen-bond donors (Lipinski definition) is 0. The number of rotatable bonds is 11. The summed E-state index contributed by atoms with van der Waals surface area (Å²) in [6.45, 7) is 8.72. The zero-order valence-corrected chi connectivity index (χ0v) is 14.2. The van der Waals surface area contributed by atoms with Crippen LogP contribution in [-0.4, -0.2) is 43.1 Å². The van der Waals surface area contributed by atoms with Crippen molar-refractivity contribution in [2.75, 3.05) is 38.2 Å². The second-order valence-electron chi connectivity index (χ2n) is 4.61. The molecule has 0 atom stereocenters. The molecule has 0 radical (unpaired) electrons. The molecule has 20 heavy (non-hydrogen) atoms. The number of para-hydroxylation sites is 2. The third kappa shape index (κ3) is 6.62. The molecule has 0 amide bonds. The molecule has 1 aromatic carbocycles. The molecule has 114 valence electrons. The summed E-state index contributed by atoms with van der Waals surface area (Å²) in [7, 11) is 0. The Morgan fingerprint density at radius 3 is 2.30 bits per heavy atom. The van der Waals surface area contributed by atoms with Gasteiger partial charge in [0.15, 0.2) is 11.5 Å². The molecule has 3 nitrogen and oxygen atoms in total. The molecule has 0 aliphatic rings. The highest BCUT2D eigenvalue weighted by molar-refractivity contribution is 9.09. The largest absolute Gasteiger partial charge is 0.490 e. The lowest BCUT2D eigenvalue weighted by Crippen LogP contribution is -2.31. The Morgan fingerprint density at radius 1 is 1.00 bits per heavy atom. The first kappa shape index (κ1) is 17.3. The number of nitrogens with zero attached hydrogens (tertiary/aromatic N) is 1. The molecule has 0 fully saturated rings. The maximum Gasteiger partial charge on any atom is 0.161 e. The van der Waals surface area contributed by atoms with E-state index in [9.17, 15) is 0 Å². The minimum absolute atomic E-state index is 0.659. The average molecular weight is 344 g/mol. The van der Waals surface area contributed by atoms with Crippen molar-refractivity contribution in [3.8, 4) is 11.5 Å².